The molecule has 1 heterocycles. The number of hydrogen-bond donors (Lipinski definition) is 2. The number of thiophene rings is 1. The Hall–Kier alpha value is -1.21. The molecule has 0 aliphatic rings. The highest BCUT2D eigenvalue weighted by Gasteiger charge is 2.12. The smallest absolute Gasteiger partial charge is 0.216 e. The Balaban J connectivity index is 1.99. The number of nitrogens with one attached hydrogen (secondary N) is 1. The fourth-order valence-electron chi connectivity index (χ4n) is 1.85. The molecular formula is C14H17NO3S2. The molecule has 0 saturated heterocycles. The second-order valence-electron chi connectivity index (χ2n) is 4.57. The van der Waals surface area contributed by atoms with E-state index in [-0.39, 0.29) is 12.4 Å². The van der Waals surface area contributed by atoms with Crippen molar-refractivity contribution in [1.82, 2.24) is 4.72 Å². The molecule has 0 aliphatic carbocycles. The lowest BCUT2D eigenvalue weighted by molar-refractivity contribution is 0.282. The quantitative estimate of drug-likeness (QED) is 0.859. The van der Waals surface area contributed by atoms with E-state index in [0.29, 0.717) is 17.7 Å². The molecule has 2 N–H and O–H groups in total. The molecule has 4 nitrogen and oxygen atoms in total. The first-order valence-corrected chi connectivity index (χ1v) is 8.67. The largest absolute Gasteiger partial charge is 0.392 e. The minimum Gasteiger partial charge on any atom is -0.392 e. The molecule has 20 heavy (non-hydrogen) atoms. The minimum absolute atomic E-state index is 0.0782. The van der Waals surface area contributed by atoms with E-state index in [1.54, 1.807) is 35.6 Å². The predicted molar refractivity (Wildman–Crippen MR) is 80.9 cm³/mol. The molecular weight excluding hydrogens is 294 g/mol. The first-order valence-electron chi connectivity index (χ1n) is 6.20. The van der Waals surface area contributed by atoms with Crippen LogP contribution in [0.4, 0.5) is 0 Å². The summed E-state index contributed by atoms with van der Waals surface area (Å²) in [5.41, 5.74) is 1.39. The highest BCUT2D eigenvalue weighted by atomic mass is 32.2. The number of benzene rings is 1. The van der Waals surface area contributed by atoms with Crippen LogP contribution in [0.5, 0.6) is 0 Å². The maximum absolute atomic E-state index is 12.0. The molecule has 0 amide bonds. The van der Waals surface area contributed by atoms with Crippen molar-refractivity contribution in [3.8, 4) is 0 Å². The molecule has 108 valence electrons. The van der Waals surface area contributed by atoms with Crippen LogP contribution in [0.15, 0.2) is 36.4 Å². The van der Waals surface area contributed by atoms with Gasteiger partial charge in [0, 0.05) is 16.3 Å². The van der Waals surface area contributed by atoms with Crippen LogP contribution in [-0.2, 0) is 28.9 Å². The number of aryl methyl sites for hydroxylation is 1. The summed E-state index contributed by atoms with van der Waals surface area (Å²) < 4.78 is 26.6. The van der Waals surface area contributed by atoms with E-state index in [1.807, 2.05) is 19.1 Å². The van der Waals surface area contributed by atoms with Crippen molar-refractivity contribution in [2.45, 2.75) is 25.8 Å². The van der Waals surface area contributed by atoms with Crippen LogP contribution in [-0.4, -0.2) is 13.5 Å². The van der Waals surface area contributed by atoms with Crippen molar-refractivity contribution >= 4 is 21.4 Å². The maximum atomic E-state index is 12.0. The molecule has 0 spiro atoms. The third kappa shape index (κ3) is 4.42. The van der Waals surface area contributed by atoms with Crippen molar-refractivity contribution in [3.63, 3.8) is 0 Å². The van der Waals surface area contributed by atoms with Gasteiger partial charge in [0.15, 0.2) is 0 Å². The molecule has 0 fully saturated rings. The van der Waals surface area contributed by atoms with Gasteiger partial charge in [0.1, 0.15) is 0 Å². The summed E-state index contributed by atoms with van der Waals surface area (Å²) >= 11 is 1.58. The van der Waals surface area contributed by atoms with Crippen molar-refractivity contribution < 1.29 is 13.5 Å². The van der Waals surface area contributed by atoms with Gasteiger partial charge < -0.3 is 5.11 Å². The van der Waals surface area contributed by atoms with Gasteiger partial charge in [-0.2, -0.15) is 0 Å². The fourth-order valence-corrected chi connectivity index (χ4v) is 3.87. The molecule has 6 heteroatoms. The van der Waals surface area contributed by atoms with Crippen molar-refractivity contribution in [1.29, 1.82) is 0 Å². The number of aliphatic hydroxyl groups excluding tert-OH is 1. The fraction of sp³-hybridized carbons (Fsp3) is 0.286. The third-order valence-corrected chi connectivity index (χ3v) is 5.09. The Morgan fingerprint density at radius 2 is 1.95 bits per heavy atom. The zero-order chi connectivity index (χ0) is 14.6. The van der Waals surface area contributed by atoms with E-state index in [9.17, 15) is 8.42 Å². The Bertz CT molecular complexity index is 677. The highest BCUT2D eigenvalue weighted by molar-refractivity contribution is 7.88. The topological polar surface area (TPSA) is 66.4 Å². The van der Waals surface area contributed by atoms with Crippen LogP contribution < -0.4 is 4.72 Å². The van der Waals surface area contributed by atoms with Crippen LogP contribution in [0, 0.1) is 6.92 Å². The number of sulfonamides is 1. The van der Waals surface area contributed by atoms with Gasteiger partial charge in [0.2, 0.25) is 10.0 Å². The van der Waals surface area contributed by atoms with E-state index >= 15 is 0 Å². The lowest BCUT2D eigenvalue weighted by Crippen LogP contribution is -2.24. The summed E-state index contributed by atoms with van der Waals surface area (Å²) in [7, 11) is -3.37. The van der Waals surface area contributed by atoms with Crippen LogP contribution in [0.1, 0.15) is 20.9 Å². The number of aliphatic hydroxyl groups is 1. The summed E-state index contributed by atoms with van der Waals surface area (Å²) in [4.78, 5) is 2.16. The van der Waals surface area contributed by atoms with E-state index in [0.717, 1.165) is 9.75 Å². The monoisotopic (exact) mass is 311 g/mol. The molecule has 2 rings (SSSR count). The standard InChI is InChI=1S/C14H17NO3S2/c1-11-5-6-14(19-11)8-15-20(17,18)10-13-4-2-3-12(7-13)9-16/h2-7,15-16H,8-10H2,1H3. The van der Waals surface area contributed by atoms with E-state index in [1.165, 1.54) is 0 Å². The summed E-state index contributed by atoms with van der Waals surface area (Å²) in [6.45, 7) is 2.22. The molecule has 0 saturated carbocycles. The van der Waals surface area contributed by atoms with Gasteiger partial charge in [-0.1, -0.05) is 24.3 Å². The molecule has 0 bridgehead atoms. The SMILES string of the molecule is Cc1ccc(CNS(=O)(=O)Cc2cccc(CO)c2)s1. The van der Waals surface area contributed by atoms with Crippen LogP contribution in [0.25, 0.3) is 0 Å². The molecule has 2 aromatic rings. The summed E-state index contributed by atoms with van der Waals surface area (Å²) in [5.74, 6) is -0.0782. The van der Waals surface area contributed by atoms with Gasteiger partial charge in [0.05, 0.1) is 12.4 Å². The lowest BCUT2D eigenvalue weighted by atomic mass is 10.1. The van der Waals surface area contributed by atoms with Gasteiger partial charge >= 0.3 is 0 Å². The van der Waals surface area contributed by atoms with Gasteiger partial charge in [-0.25, -0.2) is 13.1 Å². The van der Waals surface area contributed by atoms with Crippen molar-refractivity contribution in [2.75, 3.05) is 0 Å². The molecule has 1 aromatic heterocycles. The average Bonchev–Trinajstić information content (AvgIpc) is 2.82. The molecule has 0 atom stereocenters. The van der Waals surface area contributed by atoms with Crippen molar-refractivity contribution in [2.24, 2.45) is 0 Å². The Morgan fingerprint density at radius 3 is 2.60 bits per heavy atom. The normalized spacial score (nSPS) is 11.7. The van der Waals surface area contributed by atoms with Gasteiger partial charge in [-0.15, -0.1) is 11.3 Å². The summed E-state index contributed by atoms with van der Waals surface area (Å²) in [5, 5.41) is 9.05. The number of hydrogen-bond acceptors (Lipinski definition) is 4. The predicted octanol–water partition coefficient (Wildman–Crippen LogP) is 2.17. The van der Waals surface area contributed by atoms with Crippen molar-refractivity contribution in [3.05, 3.63) is 57.3 Å². The highest BCUT2D eigenvalue weighted by Crippen LogP contribution is 2.15. The Morgan fingerprint density at radius 1 is 1.20 bits per heavy atom. The van der Waals surface area contributed by atoms with E-state index in [2.05, 4.69) is 4.72 Å². The molecule has 0 aliphatic heterocycles. The van der Waals surface area contributed by atoms with E-state index < -0.39 is 10.0 Å². The number of rotatable bonds is 6. The second kappa shape index (κ2) is 6.49. The summed E-state index contributed by atoms with van der Waals surface area (Å²) in [6.07, 6.45) is 0. The van der Waals surface area contributed by atoms with E-state index in [4.69, 9.17) is 5.11 Å². The lowest BCUT2D eigenvalue weighted by Gasteiger charge is -2.07. The van der Waals surface area contributed by atoms with Gasteiger partial charge in [-0.05, 0) is 30.2 Å². The van der Waals surface area contributed by atoms with Crippen LogP contribution in [0.3, 0.4) is 0 Å². The molecule has 1 aromatic carbocycles. The average molecular weight is 311 g/mol. The molecule has 0 radical (unpaired) electrons. The maximum Gasteiger partial charge on any atom is 0.216 e. The van der Waals surface area contributed by atoms with Gasteiger partial charge in [0.25, 0.3) is 0 Å². The van der Waals surface area contributed by atoms with Crippen LogP contribution in [0.2, 0.25) is 0 Å². The zero-order valence-corrected chi connectivity index (χ0v) is 12.8. The molecule has 0 unspecified atom stereocenters. The minimum atomic E-state index is -3.37. The summed E-state index contributed by atoms with van der Waals surface area (Å²) in [6, 6.07) is 10.9. The first kappa shape index (κ1) is 15.2. The zero-order valence-electron chi connectivity index (χ0n) is 11.2. The Labute approximate surface area is 123 Å². The van der Waals surface area contributed by atoms with Crippen LogP contribution >= 0.6 is 11.3 Å². The first-order chi connectivity index (χ1) is 9.48. The second-order valence-corrected chi connectivity index (χ2v) is 7.75. The Kier molecular flexibility index (Phi) is 4.93. The van der Waals surface area contributed by atoms with Gasteiger partial charge in [-0.3, -0.25) is 0 Å². The third-order valence-electron chi connectivity index (χ3n) is 2.79.